The highest BCUT2D eigenvalue weighted by molar-refractivity contribution is 7.15. The lowest BCUT2D eigenvalue weighted by atomic mass is 10.2. The zero-order valence-corrected chi connectivity index (χ0v) is 13.8. The number of carbonyl (C=O) groups excluding carboxylic acids is 1. The molecule has 1 N–H and O–H groups in total. The normalized spacial score (nSPS) is 11.0. The molecule has 0 saturated heterocycles. The average molecular weight is 355 g/mol. The third kappa shape index (κ3) is 4.98. The number of anilines is 1. The molecular weight excluding hydrogens is 340 g/mol. The van der Waals surface area contributed by atoms with Crippen LogP contribution in [0.3, 0.4) is 0 Å². The van der Waals surface area contributed by atoms with Crippen LogP contribution in [0.1, 0.15) is 17.5 Å². The number of aryl methyl sites for hydroxylation is 1. The zero-order chi connectivity index (χ0) is 17.5. The van der Waals surface area contributed by atoms with E-state index in [1.165, 1.54) is 48.8 Å². The molecule has 1 heterocycles. The first kappa shape index (κ1) is 17.8. The van der Waals surface area contributed by atoms with Gasteiger partial charge in [-0.3, -0.25) is 10.1 Å². The third-order valence-corrected chi connectivity index (χ3v) is 3.81. The molecule has 0 aliphatic rings. The van der Waals surface area contributed by atoms with Crippen molar-refractivity contribution in [2.75, 3.05) is 12.4 Å². The highest BCUT2D eigenvalue weighted by Gasteiger charge is 2.10. The van der Waals surface area contributed by atoms with Crippen molar-refractivity contribution in [3.05, 3.63) is 34.8 Å². The molecule has 1 aromatic carbocycles. The molecule has 0 radical (unpaired) electrons. The highest BCUT2D eigenvalue weighted by atomic mass is 32.1. The molecule has 0 aliphatic carbocycles. The maximum Gasteiger partial charge on any atom is 0.387 e. The molecule has 0 atom stereocenters. The second-order valence-electron chi connectivity index (χ2n) is 4.47. The van der Waals surface area contributed by atoms with Crippen LogP contribution in [0.25, 0.3) is 6.08 Å². The minimum absolute atomic E-state index is 0.0740. The fourth-order valence-corrected chi connectivity index (χ4v) is 2.43. The molecule has 0 aliphatic heterocycles. The Labute approximate surface area is 141 Å². The van der Waals surface area contributed by atoms with E-state index in [9.17, 15) is 13.6 Å². The Bertz CT molecular complexity index is 735. The molecule has 24 heavy (non-hydrogen) atoms. The van der Waals surface area contributed by atoms with Gasteiger partial charge in [-0.05, 0) is 30.2 Å². The molecule has 128 valence electrons. The van der Waals surface area contributed by atoms with Crippen LogP contribution in [0.15, 0.2) is 24.3 Å². The molecule has 1 amide bonds. The molecular formula is C15H15F2N3O3S. The van der Waals surface area contributed by atoms with Gasteiger partial charge < -0.3 is 9.47 Å². The Morgan fingerprint density at radius 1 is 1.38 bits per heavy atom. The third-order valence-electron chi connectivity index (χ3n) is 2.83. The van der Waals surface area contributed by atoms with Gasteiger partial charge in [0.2, 0.25) is 11.0 Å². The lowest BCUT2D eigenvalue weighted by molar-refractivity contribution is -0.111. The van der Waals surface area contributed by atoms with E-state index < -0.39 is 6.61 Å². The number of ether oxygens (including phenoxy) is 2. The van der Waals surface area contributed by atoms with Crippen LogP contribution in [0.2, 0.25) is 0 Å². The quantitative estimate of drug-likeness (QED) is 0.771. The monoisotopic (exact) mass is 355 g/mol. The van der Waals surface area contributed by atoms with E-state index in [1.807, 2.05) is 6.92 Å². The van der Waals surface area contributed by atoms with Gasteiger partial charge in [0.25, 0.3) is 0 Å². The first-order chi connectivity index (χ1) is 11.5. The van der Waals surface area contributed by atoms with Crippen LogP contribution in [0, 0.1) is 0 Å². The molecule has 2 rings (SSSR count). The van der Waals surface area contributed by atoms with Gasteiger partial charge in [-0.2, -0.15) is 8.78 Å². The summed E-state index contributed by atoms with van der Waals surface area (Å²) in [7, 11) is 1.34. The number of hydrogen-bond acceptors (Lipinski definition) is 6. The van der Waals surface area contributed by atoms with Gasteiger partial charge in [-0.1, -0.05) is 24.3 Å². The number of nitrogens with one attached hydrogen (secondary N) is 1. The lowest BCUT2D eigenvalue weighted by Gasteiger charge is -2.10. The number of nitrogens with zero attached hydrogens (tertiary/aromatic N) is 2. The van der Waals surface area contributed by atoms with Crippen LogP contribution in [-0.2, 0) is 11.2 Å². The Hall–Kier alpha value is -2.55. The largest absolute Gasteiger partial charge is 0.493 e. The molecule has 2 aromatic rings. The lowest BCUT2D eigenvalue weighted by Crippen LogP contribution is -2.07. The van der Waals surface area contributed by atoms with E-state index in [0.717, 1.165) is 11.4 Å². The van der Waals surface area contributed by atoms with Gasteiger partial charge in [0.1, 0.15) is 5.01 Å². The first-order valence-electron chi connectivity index (χ1n) is 6.96. The van der Waals surface area contributed by atoms with Gasteiger partial charge in [0, 0.05) is 6.08 Å². The number of aromatic nitrogens is 2. The van der Waals surface area contributed by atoms with E-state index in [-0.39, 0.29) is 17.4 Å². The molecule has 0 fully saturated rings. The second kappa shape index (κ2) is 8.34. The van der Waals surface area contributed by atoms with Gasteiger partial charge in [0.15, 0.2) is 11.5 Å². The van der Waals surface area contributed by atoms with Crippen molar-refractivity contribution in [2.24, 2.45) is 0 Å². The van der Waals surface area contributed by atoms with Crippen molar-refractivity contribution in [1.82, 2.24) is 10.2 Å². The van der Waals surface area contributed by atoms with Crippen molar-refractivity contribution in [3.8, 4) is 11.5 Å². The molecule has 1 aromatic heterocycles. The van der Waals surface area contributed by atoms with Gasteiger partial charge >= 0.3 is 6.61 Å². The summed E-state index contributed by atoms with van der Waals surface area (Å²) in [5.41, 5.74) is 0.593. The smallest absolute Gasteiger partial charge is 0.387 e. The summed E-state index contributed by atoms with van der Waals surface area (Å²) in [6, 6.07) is 4.37. The first-order valence-corrected chi connectivity index (χ1v) is 7.77. The van der Waals surface area contributed by atoms with Crippen molar-refractivity contribution in [1.29, 1.82) is 0 Å². The van der Waals surface area contributed by atoms with Crippen LogP contribution in [0.4, 0.5) is 13.9 Å². The predicted molar refractivity (Wildman–Crippen MR) is 86.6 cm³/mol. The van der Waals surface area contributed by atoms with Gasteiger partial charge in [0.05, 0.1) is 7.11 Å². The number of carbonyl (C=O) groups is 1. The number of alkyl halides is 2. The summed E-state index contributed by atoms with van der Waals surface area (Å²) in [6.07, 6.45) is 3.57. The Morgan fingerprint density at radius 3 is 2.79 bits per heavy atom. The number of benzene rings is 1. The highest BCUT2D eigenvalue weighted by Crippen LogP contribution is 2.29. The second-order valence-corrected chi connectivity index (χ2v) is 5.53. The maximum absolute atomic E-state index is 12.3. The summed E-state index contributed by atoms with van der Waals surface area (Å²) in [6.45, 7) is -0.994. The summed E-state index contributed by atoms with van der Waals surface area (Å²) >= 11 is 1.30. The molecule has 9 heteroatoms. The summed E-state index contributed by atoms with van der Waals surface area (Å²) < 4.78 is 33.9. The molecule has 0 saturated carbocycles. The van der Waals surface area contributed by atoms with Crippen LogP contribution in [-0.4, -0.2) is 29.8 Å². The predicted octanol–water partition coefficient (Wildman–Crippen LogP) is 3.36. The van der Waals surface area contributed by atoms with E-state index in [2.05, 4.69) is 20.3 Å². The van der Waals surface area contributed by atoms with E-state index in [1.54, 1.807) is 0 Å². The van der Waals surface area contributed by atoms with Crippen LogP contribution < -0.4 is 14.8 Å². The van der Waals surface area contributed by atoms with Crippen molar-refractivity contribution in [3.63, 3.8) is 0 Å². The summed E-state index contributed by atoms with van der Waals surface area (Å²) in [5, 5.41) is 11.6. The van der Waals surface area contributed by atoms with E-state index >= 15 is 0 Å². The topological polar surface area (TPSA) is 73.3 Å². The Kier molecular flexibility index (Phi) is 6.19. The number of halogens is 2. The Morgan fingerprint density at radius 2 is 2.17 bits per heavy atom. The molecule has 6 nitrogen and oxygen atoms in total. The van der Waals surface area contributed by atoms with Crippen molar-refractivity contribution in [2.45, 2.75) is 20.0 Å². The minimum Gasteiger partial charge on any atom is -0.493 e. The standard InChI is InChI=1S/C15H15F2N3O3S/c1-3-13-19-20-15(24-13)18-12(21)7-5-9-4-6-10(23-14(16)17)11(8-9)22-2/h4-8,14H,3H2,1-2H3,(H,18,20,21)/b7-5+. The van der Waals surface area contributed by atoms with Crippen molar-refractivity contribution < 1.29 is 23.0 Å². The fraction of sp³-hybridized carbons (Fsp3) is 0.267. The van der Waals surface area contributed by atoms with Crippen LogP contribution in [0.5, 0.6) is 11.5 Å². The fourth-order valence-electron chi connectivity index (χ4n) is 1.75. The van der Waals surface area contributed by atoms with Crippen molar-refractivity contribution >= 4 is 28.5 Å². The van der Waals surface area contributed by atoms with Gasteiger partial charge in [-0.15, -0.1) is 10.2 Å². The van der Waals surface area contributed by atoms with Crippen LogP contribution >= 0.6 is 11.3 Å². The van der Waals surface area contributed by atoms with Gasteiger partial charge in [-0.25, -0.2) is 0 Å². The SMILES string of the molecule is CCc1nnc(NC(=O)/C=C/c2ccc(OC(F)F)c(OC)c2)s1. The maximum atomic E-state index is 12.3. The minimum atomic E-state index is -2.94. The molecule has 0 bridgehead atoms. The number of amides is 1. The Balaban J connectivity index is 2.03. The number of rotatable bonds is 7. The number of hydrogen-bond donors (Lipinski definition) is 1. The summed E-state index contributed by atoms with van der Waals surface area (Å²) in [4.78, 5) is 11.8. The average Bonchev–Trinajstić information content (AvgIpc) is 3.01. The zero-order valence-electron chi connectivity index (χ0n) is 13.0. The summed E-state index contributed by atoms with van der Waals surface area (Å²) in [5.74, 6) is -0.301. The van der Waals surface area contributed by atoms with E-state index in [4.69, 9.17) is 4.74 Å². The van der Waals surface area contributed by atoms with E-state index in [0.29, 0.717) is 10.7 Å². The molecule has 0 unspecified atom stereocenters. The molecule has 0 spiro atoms. The number of methoxy groups -OCH3 is 1.